The highest BCUT2D eigenvalue weighted by Gasteiger charge is 2.24. The van der Waals surface area contributed by atoms with E-state index in [9.17, 15) is 14.4 Å². The van der Waals surface area contributed by atoms with Crippen LogP contribution < -0.4 is 5.56 Å². The zero-order chi connectivity index (χ0) is 23.5. The van der Waals surface area contributed by atoms with Gasteiger partial charge in [0.2, 0.25) is 0 Å². The molecule has 0 N–H and O–H groups in total. The van der Waals surface area contributed by atoms with E-state index < -0.39 is 11.2 Å². The van der Waals surface area contributed by atoms with Crippen LogP contribution in [0.25, 0.3) is 10.9 Å². The molecule has 33 heavy (non-hydrogen) atoms. The van der Waals surface area contributed by atoms with Gasteiger partial charge in [-0.2, -0.15) is 0 Å². The van der Waals surface area contributed by atoms with Crippen molar-refractivity contribution in [3.8, 4) is 0 Å². The van der Waals surface area contributed by atoms with Crippen LogP contribution in [-0.2, 0) is 16.0 Å². The van der Waals surface area contributed by atoms with Gasteiger partial charge < -0.3 is 9.47 Å². The van der Waals surface area contributed by atoms with Gasteiger partial charge in [-0.1, -0.05) is 23.4 Å². The molecule has 0 bridgehead atoms. The molecule has 1 aliphatic rings. The molecule has 2 unspecified atom stereocenters. The maximum absolute atomic E-state index is 13.4. The highest BCUT2D eigenvalue weighted by atomic mass is 35.5. The Morgan fingerprint density at radius 1 is 1.24 bits per heavy atom. The van der Waals surface area contributed by atoms with Crippen molar-refractivity contribution >= 4 is 46.0 Å². The average Bonchev–Trinajstić information content (AvgIpc) is 3.34. The molecule has 0 radical (unpaired) electrons. The van der Waals surface area contributed by atoms with E-state index in [-0.39, 0.29) is 17.4 Å². The van der Waals surface area contributed by atoms with E-state index >= 15 is 0 Å². The van der Waals surface area contributed by atoms with E-state index in [4.69, 9.17) is 21.1 Å². The van der Waals surface area contributed by atoms with Gasteiger partial charge in [-0.15, -0.1) is 0 Å². The van der Waals surface area contributed by atoms with Crippen molar-refractivity contribution in [2.75, 3.05) is 13.7 Å². The molecule has 1 fully saturated rings. The summed E-state index contributed by atoms with van der Waals surface area (Å²) in [5.74, 6) is -0.610. The summed E-state index contributed by atoms with van der Waals surface area (Å²) in [7, 11) is 1.30. The van der Waals surface area contributed by atoms with Gasteiger partial charge in [-0.3, -0.25) is 14.2 Å². The van der Waals surface area contributed by atoms with Crippen molar-refractivity contribution in [2.24, 2.45) is 0 Å². The van der Waals surface area contributed by atoms with E-state index in [0.717, 1.165) is 12.8 Å². The molecule has 1 aliphatic heterocycles. The third kappa shape index (κ3) is 5.13. The second-order valence-corrected chi connectivity index (χ2v) is 9.54. The van der Waals surface area contributed by atoms with Crippen molar-refractivity contribution < 1.29 is 19.1 Å². The number of ether oxygens (including phenoxy) is 2. The average molecular weight is 487 g/mol. The number of nitrogens with zero attached hydrogens (tertiary/aromatic N) is 2. The molecule has 0 aliphatic carbocycles. The number of benzene rings is 2. The molecule has 2 aromatic carbocycles. The molecule has 1 saturated heterocycles. The molecule has 4 rings (SSSR count). The van der Waals surface area contributed by atoms with Crippen LogP contribution in [0.1, 0.15) is 40.5 Å². The molecule has 172 valence electrons. The van der Waals surface area contributed by atoms with Crippen molar-refractivity contribution in [1.82, 2.24) is 9.55 Å². The number of aromatic nitrogens is 2. The predicted octanol–water partition coefficient (Wildman–Crippen LogP) is 4.38. The normalized spacial score (nSPS) is 16.6. The van der Waals surface area contributed by atoms with Crippen LogP contribution in [0.5, 0.6) is 0 Å². The second kappa shape index (κ2) is 10.1. The number of hydrogen-bond donors (Lipinski definition) is 0. The number of ketones is 1. The monoisotopic (exact) mass is 486 g/mol. The smallest absolute Gasteiger partial charge is 0.337 e. The van der Waals surface area contributed by atoms with Gasteiger partial charge in [-0.05, 0) is 62.2 Å². The molecule has 0 amide bonds. The lowest BCUT2D eigenvalue weighted by Crippen LogP contribution is -2.29. The largest absolute Gasteiger partial charge is 0.465 e. The summed E-state index contributed by atoms with van der Waals surface area (Å²) < 4.78 is 12.1. The quantitative estimate of drug-likeness (QED) is 0.212. The summed E-state index contributed by atoms with van der Waals surface area (Å²) >= 11 is 7.14. The number of carbonyl (C=O) groups is 2. The molecular weight excluding hydrogens is 464 g/mol. The van der Waals surface area contributed by atoms with Crippen molar-refractivity contribution in [3.05, 3.63) is 69.0 Å². The number of methoxy groups -OCH3 is 1. The number of thioether (sulfide) groups is 1. The van der Waals surface area contributed by atoms with Gasteiger partial charge in [0, 0.05) is 17.2 Å². The van der Waals surface area contributed by atoms with Crippen LogP contribution in [0.3, 0.4) is 0 Å². The maximum atomic E-state index is 13.4. The molecular formula is C24H23ClN2O5S. The van der Waals surface area contributed by atoms with E-state index in [2.05, 4.69) is 4.98 Å². The van der Waals surface area contributed by atoms with Crippen molar-refractivity contribution in [1.29, 1.82) is 0 Å². The molecule has 7 nitrogen and oxygen atoms in total. The van der Waals surface area contributed by atoms with Crippen molar-refractivity contribution in [3.63, 3.8) is 0 Å². The topological polar surface area (TPSA) is 87.5 Å². The Kier molecular flexibility index (Phi) is 7.17. The van der Waals surface area contributed by atoms with E-state index in [0.29, 0.717) is 45.4 Å². The van der Waals surface area contributed by atoms with Crippen LogP contribution in [0.4, 0.5) is 0 Å². The first kappa shape index (κ1) is 23.5. The van der Waals surface area contributed by atoms with E-state index in [1.165, 1.54) is 24.9 Å². The van der Waals surface area contributed by atoms with Crippen LogP contribution >= 0.6 is 23.4 Å². The maximum Gasteiger partial charge on any atom is 0.337 e. The second-order valence-electron chi connectivity index (χ2n) is 7.80. The fourth-order valence-electron chi connectivity index (χ4n) is 3.75. The summed E-state index contributed by atoms with van der Waals surface area (Å²) in [5.41, 5.74) is 0.969. The number of halogens is 1. The lowest BCUT2D eigenvalue weighted by Gasteiger charge is -2.18. The van der Waals surface area contributed by atoms with Crippen LogP contribution in [-0.4, -0.2) is 46.4 Å². The number of fused-ring (bicyclic) bond motifs is 1. The SMILES string of the molecule is COC(=O)c1ccc2c(=O)n(CC3CCCO3)c(SC(C)C(=O)c3ccc(Cl)cc3)nc2c1. The lowest BCUT2D eigenvalue weighted by atomic mass is 10.1. The molecule has 0 spiro atoms. The summed E-state index contributed by atoms with van der Waals surface area (Å²) in [6.07, 6.45) is 1.71. The summed E-state index contributed by atoms with van der Waals surface area (Å²) in [5, 5.41) is 0.839. The summed E-state index contributed by atoms with van der Waals surface area (Å²) in [4.78, 5) is 43.0. The summed E-state index contributed by atoms with van der Waals surface area (Å²) in [6.45, 7) is 2.79. The van der Waals surface area contributed by atoms with Gasteiger partial charge in [0.05, 0.1) is 41.5 Å². The van der Waals surface area contributed by atoms with Crippen LogP contribution in [0, 0.1) is 0 Å². The van der Waals surface area contributed by atoms with Gasteiger partial charge in [0.1, 0.15) is 0 Å². The van der Waals surface area contributed by atoms with Crippen molar-refractivity contribution in [2.45, 2.75) is 42.8 Å². The highest BCUT2D eigenvalue weighted by Crippen LogP contribution is 2.27. The number of Topliss-reactive ketones (excluding diaryl/α,β-unsaturated/α-hetero) is 1. The molecule has 2 atom stereocenters. The lowest BCUT2D eigenvalue weighted by molar-refractivity contribution is 0.0600. The van der Waals surface area contributed by atoms with Gasteiger partial charge in [0.15, 0.2) is 10.9 Å². The number of hydrogen-bond acceptors (Lipinski definition) is 7. The number of esters is 1. The van der Waals surface area contributed by atoms with E-state index in [1.807, 2.05) is 0 Å². The Hall–Kier alpha value is -2.68. The Morgan fingerprint density at radius 2 is 1.97 bits per heavy atom. The minimum Gasteiger partial charge on any atom is -0.465 e. The highest BCUT2D eigenvalue weighted by molar-refractivity contribution is 8.00. The standard InChI is InChI=1S/C24H23ClN2O5S/c1-14(21(28)15-5-8-17(25)9-6-15)33-24-26-20-12-16(23(30)31-2)7-10-19(20)22(29)27(24)13-18-4-3-11-32-18/h5-10,12,14,18H,3-4,11,13H2,1-2H3. The Bertz CT molecular complexity index is 1250. The minimum absolute atomic E-state index is 0.0853. The van der Waals surface area contributed by atoms with Gasteiger partial charge in [0.25, 0.3) is 5.56 Å². The molecule has 2 heterocycles. The molecule has 1 aromatic heterocycles. The minimum atomic E-state index is -0.511. The van der Waals surface area contributed by atoms with Crippen LogP contribution in [0.2, 0.25) is 5.02 Å². The zero-order valence-corrected chi connectivity index (χ0v) is 19.8. The summed E-state index contributed by atoms with van der Waals surface area (Å²) in [6, 6.07) is 11.4. The van der Waals surface area contributed by atoms with Crippen LogP contribution in [0.15, 0.2) is 52.4 Å². The predicted molar refractivity (Wildman–Crippen MR) is 127 cm³/mol. The fraction of sp³-hybridized carbons (Fsp3) is 0.333. The van der Waals surface area contributed by atoms with E-state index in [1.54, 1.807) is 47.9 Å². The fourth-order valence-corrected chi connectivity index (χ4v) is 4.87. The Labute approximate surface area is 200 Å². The third-order valence-corrected chi connectivity index (χ3v) is 6.87. The molecule has 0 saturated carbocycles. The Balaban J connectivity index is 1.73. The van der Waals surface area contributed by atoms with Gasteiger partial charge >= 0.3 is 5.97 Å². The number of rotatable bonds is 7. The first-order valence-electron chi connectivity index (χ1n) is 10.6. The zero-order valence-electron chi connectivity index (χ0n) is 18.2. The first-order chi connectivity index (χ1) is 15.9. The number of carbonyl (C=O) groups excluding carboxylic acids is 2. The molecule has 3 aromatic rings. The Morgan fingerprint density at radius 3 is 2.64 bits per heavy atom. The first-order valence-corrected chi connectivity index (χ1v) is 11.8. The molecule has 9 heteroatoms. The van der Waals surface area contributed by atoms with Gasteiger partial charge in [-0.25, -0.2) is 9.78 Å². The third-order valence-electron chi connectivity index (χ3n) is 5.53.